The van der Waals surface area contributed by atoms with E-state index in [1.165, 1.54) is 37.8 Å². The van der Waals surface area contributed by atoms with Gasteiger partial charge in [-0.3, -0.25) is 9.98 Å². The van der Waals surface area contributed by atoms with E-state index in [1.807, 2.05) is 0 Å². The summed E-state index contributed by atoms with van der Waals surface area (Å²) in [5.41, 5.74) is 1.81. The molecule has 0 spiro atoms. The molecule has 0 aromatic heterocycles. The van der Waals surface area contributed by atoms with Gasteiger partial charge in [0.25, 0.3) is 0 Å². The minimum absolute atomic E-state index is 0.514. The molecule has 2 fully saturated rings. The molecule has 2 rings (SSSR count). The molecule has 0 amide bonds. The lowest BCUT2D eigenvalue weighted by Crippen LogP contribution is -2.21. The van der Waals surface area contributed by atoms with Crippen LogP contribution in [0, 0.1) is 17.3 Å². The van der Waals surface area contributed by atoms with Crippen LogP contribution in [0.1, 0.15) is 46.0 Å². The maximum absolute atomic E-state index is 4.85. The van der Waals surface area contributed by atoms with Crippen molar-refractivity contribution in [2.45, 2.75) is 46.0 Å². The number of aliphatic imine (C=N–C) groups is 2. The first-order valence-corrected chi connectivity index (χ1v) is 6.61. The van der Waals surface area contributed by atoms with Crippen molar-refractivity contribution in [3.05, 3.63) is 0 Å². The van der Waals surface area contributed by atoms with Crippen LogP contribution in [0.5, 0.6) is 0 Å². The zero-order chi connectivity index (χ0) is 11.6. The van der Waals surface area contributed by atoms with Crippen molar-refractivity contribution in [1.82, 2.24) is 0 Å². The molecular formula is C14H24N2. The van der Waals surface area contributed by atoms with Gasteiger partial charge >= 0.3 is 0 Å². The molecule has 2 saturated carbocycles. The van der Waals surface area contributed by atoms with Gasteiger partial charge < -0.3 is 0 Å². The molecule has 2 aliphatic rings. The molecule has 2 bridgehead atoms. The molecule has 0 radical (unpaired) electrons. The summed E-state index contributed by atoms with van der Waals surface area (Å²) in [4.78, 5) is 8.83. The van der Waals surface area contributed by atoms with Crippen LogP contribution in [0.4, 0.5) is 0 Å². The molecule has 0 heterocycles. The van der Waals surface area contributed by atoms with Crippen molar-refractivity contribution in [2.75, 3.05) is 13.1 Å². The van der Waals surface area contributed by atoms with E-state index in [4.69, 9.17) is 4.99 Å². The molecule has 0 N–H and O–H groups in total. The molecule has 0 saturated heterocycles. The lowest BCUT2D eigenvalue weighted by atomic mass is 9.84. The first kappa shape index (κ1) is 11.8. The Morgan fingerprint density at radius 3 is 2.50 bits per heavy atom. The molecule has 0 unspecified atom stereocenters. The Morgan fingerprint density at radius 1 is 1.38 bits per heavy atom. The van der Waals surface area contributed by atoms with Crippen LogP contribution in [-0.2, 0) is 0 Å². The zero-order valence-electron chi connectivity index (χ0n) is 10.7. The van der Waals surface area contributed by atoms with E-state index in [0.29, 0.717) is 11.3 Å². The Balaban J connectivity index is 1.98. The third-order valence-electron chi connectivity index (χ3n) is 4.45. The Bertz CT molecular complexity index is 283. The fourth-order valence-electron chi connectivity index (χ4n) is 3.33. The normalized spacial score (nSPS) is 33.7. The van der Waals surface area contributed by atoms with Gasteiger partial charge in [0.1, 0.15) is 0 Å². The smallest absolute Gasteiger partial charge is 0.0763 e. The maximum atomic E-state index is 4.85. The van der Waals surface area contributed by atoms with Crippen molar-refractivity contribution in [3.63, 3.8) is 0 Å². The van der Waals surface area contributed by atoms with E-state index in [9.17, 15) is 0 Å². The van der Waals surface area contributed by atoms with Crippen LogP contribution >= 0.6 is 0 Å². The second-order valence-electron chi connectivity index (χ2n) is 5.99. The predicted molar refractivity (Wildman–Crippen MR) is 70.6 cm³/mol. The van der Waals surface area contributed by atoms with Gasteiger partial charge in [0.15, 0.2) is 0 Å². The maximum Gasteiger partial charge on any atom is 0.0763 e. The van der Waals surface area contributed by atoms with Crippen molar-refractivity contribution < 1.29 is 0 Å². The van der Waals surface area contributed by atoms with Gasteiger partial charge in [-0.2, -0.15) is 0 Å². The Morgan fingerprint density at radius 2 is 2.06 bits per heavy atom. The standard InChI is InChI=1S/C14H24N2/c1-11(2)13(9-15-3)16-10-14-6-4-12(8-14)5-7-14/h11-12H,3-10H2,1-2H3. The highest BCUT2D eigenvalue weighted by Crippen LogP contribution is 2.54. The van der Waals surface area contributed by atoms with E-state index in [1.54, 1.807) is 0 Å². The third kappa shape index (κ3) is 2.36. The minimum atomic E-state index is 0.514. The molecule has 0 aliphatic heterocycles. The van der Waals surface area contributed by atoms with Crippen LogP contribution in [0.2, 0.25) is 0 Å². The second-order valence-corrected chi connectivity index (χ2v) is 5.99. The van der Waals surface area contributed by atoms with E-state index in [-0.39, 0.29) is 0 Å². The highest BCUT2D eigenvalue weighted by atomic mass is 14.8. The van der Waals surface area contributed by atoms with E-state index < -0.39 is 0 Å². The number of hydrogen-bond acceptors (Lipinski definition) is 2. The van der Waals surface area contributed by atoms with Gasteiger partial charge in [0.05, 0.1) is 6.54 Å². The van der Waals surface area contributed by atoms with E-state index in [0.717, 1.165) is 19.0 Å². The van der Waals surface area contributed by atoms with E-state index in [2.05, 4.69) is 25.6 Å². The van der Waals surface area contributed by atoms with Crippen LogP contribution < -0.4 is 0 Å². The predicted octanol–water partition coefficient (Wildman–Crippen LogP) is 3.36. The molecule has 0 atom stereocenters. The highest BCUT2D eigenvalue weighted by molar-refractivity contribution is 5.88. The summed E-state index contributed by atoms with van der Waals surface area (Å²) in [6.45, 7) is 9.75. The van der Waals surface area contributed by atoms with Gasteiger partial charge in [-0.1, -0.05) is 13.8 Å². The summed E-state index contributed by atoms with van der Waals surface area (Å²) in [5.74, 6) is 1.54. The average Bonchev–Trinajstić information content (AvgIpc) is 2.84. The molecule has 16 heavy (non-hydrogen) atoms. The summed E-state index contributed by atoms with van der Waals surface area (Å²) in [7, 11) is 0. The van der Waals surface area contributed by atoms with Crippen molar-refractivity contribution in [2.24, 2.45) is 27.2 Å². The molecular weight excluding hydrogens is 196 g/mol. The summed E-state index contributed by atoms with van der Waals surface area (Å²) in [6.07, 6.45) is 7.16. The zero-order valence-corrected chi connectivity index (χ0v) is 10.7. The van der Waals surface area contributed by atoms with E-state index >= 15 is 0 Å². The van der Waals surface area contributed by atoms with Gasteiger partial charge in [0.2, 0.25) is 0 Å². The summed E-state index contributed by atoms with van der Waals surface area (Å²) < 4.78 is 0. The van der Waals surface area contributed by atoms with Crippen molar-refractivity contribution >= 4 is 12.4 Å². The second kappa shape index (κ2) is 4.68. The summed E-state index contributed by atoms with van der Waals surface area (Å²) in [5, 5.41) is 0. The average molecular weight is 220 g/mol. The lowest BCUT2D eigenvalue weighted by Gasteiger charge is -2.24. The van der Waals surface area contributed by atoms with Gasteiger partial charge in [0, 0.05) is 12.3 Å². The van der Waals surface area contributed by atoms with Crippen LogP contribution in [0.3, 0.4) is 0 Å². The topological polar surface area (TPSA) is 24.7 Å². The monoisotopic (exact) mass is 220 g/mol. The summed E-state index contributed by atoms with van der Waals surface area (Å²) >= 11 is 0. The van der Waals surface area contributed by atoms with Crippen LogP contribution in [-0.4, -0.2) is 25.5 Å². The fraction of sp³-hybridized carbons (Fsp3) is 0.857. The summed E-state index contributed by atoms with van der Waals surface area (Å²) in [6, 6.07) is 0. The molecule has 2 nitrogen and oxygen atoms in total. The van der Waals surface area contributed by atoms with Crippen LogP contribution in [0.15, 0.2) is 9.98 Å². The van der Waals surface area contributed by atoms with Gasteiger partial charge in [-0.25, -0.2) is 0 Å². The Hall–Kier alpha value is -0.660. The molecule has 90 valence electrons. The minimum Gasteiger partial charge on any atom is -0.295 e. The quantitative estimate of drug-likeness (QED) is 0.635. The van der Waals surface area contributed by atoms with Crippen molar-refractivity contribution in [1.29, 1.82) is 0 Å². The Labute approximate surface area is 99.3 Å². The first-order chi connectivity index (χ1) is 7.65. The number of rotatable bonds is 5. The molecule has 2 heteroatoms. The van der Waals surface area contributed by atoms with Crippen molar-refractivity contribution in [3.8, 4) is 0 Å². The first-order valence-electron chi connectivity index (χ1n) is 6.61. The fourth-order valence-corrected chi connectivity index (χ4v) is 3.33. The van der Waals surface area contributed by atoms with Gasteiger partial charge in [-0.15, -0.1) is 0 Å². The molecule has 0 aromatic carbocycles. The highest BCUT2D eigenvalue weighted by Gasteiger charge is 2.44. The SMILES string of the molecule is C=NCC(=NCC12CCC(CC1)C2)C(C)C. The molecule has 2 aliphatic carbocycles. The van der Waals surface area contributed by atoms with Crippen LogP contribution in [0.25, 0.3) is 0 Å². The van der Waals surface area contributed by atoms with Gasteiger partial charge in [-0.05, 0) is 56.1 Å². The Kier molecular flexibility index (Phi) is 3.46. The molecule has 0 aromatic rings. The number of hydrogen-bond donors (Lipinski definition) is 0. The third-order valence-corrected chi connectivity index (χ3v) is 4.45. The largest absolute Gasteiger partial charge is 0.295 e. The number of nitrogens with zero attached hydrogens (tertiary/aromatic N) is 2. The number of fused-ring (bicyclic) bond motifs is 2. The lowest BCUT2D eigenvalue weighted by molar-refractivity contribution is 0.307.